The molecule has 6 nitrogen and oxygen atoms in total. The lowest BCUT2D eigenvalue weighted by Crippen LogP contribution is -2.41. The smallest absolute Gasteiger partial charge is 0.269 e. The molecule has 0 aliphatic heterocycles. The standard InChI is InChI=1S/C13H19N3O3/c14-13-5-4-12(16(18)19)8-10(13)9-15(6-7-17)11-2-1-3-11/h4-5,8,11,17H,1-3,6-7,9,14H2. The van der Waals surface area contributed by atoms with Crippen LogP contribution >= 0.6 is 0 Å². The lowest BCUT2D eigenvalue weighted by molar-refractivity contribution is -0.384. The molecule has 19 heavy (non-hydrogen) atoms. The zero-order valence-electron chi connectivity index (χ0n) is 10.8. The second-order valence-electron chi connectivity index (χ2n) is 4.92. The summed E-state index contributed by atoms with van der Waals surface area (Å²) < 4.78 is 0. The molecule has 0 amide bonds. The number of hydrogen-bond acceptors (Lipinski definition) is 5. The quantitative estimate of drug-likeness (QED) is 0.462. The van der Waals surface area contributed by atoms with E-state index >= 15 is 0 Å². The third-order valence-electron chi connectivity index (χ3n) is 3.69. The van der Waals surface area contributed by atoms with Crippen LogP contribution in [-0.2, 0) is 6.54 Å². The number of anilines is 1. The average Bonchev–Trinajstić information content (AvgIpc) is 2.29. The van der Waals surface area contributed by atoms with Crippen LogP contribution in [0.15, 0.2) is 18.2 Å². The van der Waals surface area contributed by atoms with Crippen molar-refractivity contribution in [3.05, 3.63) is 33.9 Å². The molecule has 0 unspecified atom stereocenters. The Hall–Kier alpha value is -1.66. The summed E-state index contributed by atoms with van der Waals surface area (Å²) in [6.45, 7) is 1.22. The van der Waals surface area contributed by atoms with E-state index in [0.717, 1.165) is 18.4 Å². The number of nitrogens with two attached hydrogens (primary N) is 1. The highest BCUT2D eigenvalue weighted by Gasteiger charge is 2.25. The van der Waals surface area contributed by atoms with Crippen molar-refractivity contribution in [3.8, 4) is 0 Å². The molecule has 6 heteroatoms. The zero-order chi connectivity index (χ0) is 13.8. The van der Waals surface area contributed by atoms with Crippen molar-refractivity contribution in [1.29, 1.82) is 0 Å². The first kappa shape index (κ1) is 13.8. The molecule has 1 aliphatic carbocycles. The maximum atomic E-state index is 10.8. The predicted octanol–water partition coefficient (Wildman–Crippen LogP) is 1.52. The van der Waals surface area contributed by atoms with Gasteiger partial charge in [-0.25, -0.2) is 0 Å². The molecule has 1 fully saturated rings. The zero-order valence-corrected chi connectivity index (χ0v) is 10.8. The molecule has 104 valence electrons. The van der Waals surface area contributed by atoms with Crippen molar-refractivity contribution < 1.29 is 10.0 Å². The minimum absolute atomic E-state index is 0.0572. The van der Waals surface area contributed by atoms with Crippen molar-refractivity contribution >= 4 is 11.4 Å². The van der Waals surface area contributed by atoms with Crippen LogP contribution in [0.5, 0.6) is 0 Å². The minimum atomic E-state index is -0.414. The fourth-order valence-electron chi connectivity index (χ4n) is 2.33. The van der Waals surface area contributed by atoms with Crippen LogP contribution in [0, 0.1) is 10.1 Å². The molecule has 2 rings (SSSR count). The van der Waals surface area contributed by atoms with E-state index in [9.17, 15) is 10.1 Å². The highest BCUT2D eigenvalue weighted by Crippen LogP contribution is 2.28. The van der Waals surface area contributed by atoms with Crippen molar-refractivity contribution in [2.75, 3.05) is 18.9 Å². The summed E-state index contributed by atoms with van der Waals surface area (Å²) in [7, 11) is 0. The Morgan fingerprint density at radius 2 is 2.21 bits per heavy atom. The van der Waals surface area contributed by atoms with Crippen molar-refractivity contribution in [2.24, 2.45) is 0 Å². The number of aliphatic hydroxyl groups is 1. The molecule has 0 aromatic heterocycles. The number of hydrogen-bond donors (Lipinski definition) is 2. The van der Waals surface area contributed by atoms with Crippen molar-refractivity contribution in [1.82, 2.24) is 4.90 Å². The maximum absolute atomic E-state index is 10.8. The molecule has 1 aliphatic rings. The lowest BCUT2D eigenvalue weighted by Gasteiger charge is -2.37. The van der Waals surface area contributed by atoms with E-state index < -0.39 is 4.92 Å². The van der Waals surface area contributed by atoms with Gasteiger partial charge in [-0.1, -0.05) is 6.42 Å². The Kier molecular flexibility index (Phi) is 4.34. The Morgan fingerprint density at radius 3 is 2.74 bits per heavy atom. The Morgan fingerprint density at radius 1 is 1.47 bits per heavy atom. The maximum Gasteiger partial charge on any atom is 0.269 e. The van der Waals surface area contributed by atoms with Crippen molar-refractivity contribution in [3.63, 3.8) is 0 Å². The molecule has 0 atom stereocenters. The number of nitro benzene ring substituents is 1. The predicted molar refractivity (Wildman–Crippen MR) is 72.6 cm³/mol. The first-order chi connectivity index (χ1) is 9.11. The number of rotatable bonds is 6. The molecule has 3 N–H and O–H groups in total. The number of aliphatic hydroxyl groups excluding tert-OH is 1. The normalized spacial score (nSPS) is 15.5. The molecule has 0 spiro atoms. The molecule has 0 heterocycles. The summed E-state index contributed by atoms with van der Waals surface area (Å²) in [5.41, 5.74) is 7.26. The molecule has 0 saturated heterocycles. The van der Waals surface area contributed by atoms with Gasteiger partial charge in [-0.2, -0.15) is 0 Å². The average molecular weight is 265 g/mol. The lowest BCUT2D eigenvalue weighted by atomic mass is 9.91. The highest BCUT2D eigenvalue weighted by atomic mass is 16.6. The van der Waals surface area contributed by atoms with Crippen LogP contribution in [0.1, 0.15) is 24.8 Å². The highest BCUT2D eigenvalue weighted by molar-refractivity contribution is 5.52. The van der Waals surface area contributed by atoms with Gasteiger partial charge in [-0.05, 0) is 24.5 Å². The molecule has 1 aromatic carbocycles. The second kappa shape index (κ2) is 5.99. The van der Waals surface area contributed by atoms with Crippen LogP contribution in [-0.4, -0.2) is 34.1 Å². The molecule has 0 radical (unpaired) electrons. The van der Waals surface area contributed by atoms with E-state index in [0.29, 0.717) is 24.8 Å². The van der Waals surface area contributed by atoms with E-state index in [4.69, 9.17) is 10.8 Å². The summed E-state index contributed by atoms with van der Waals surface area (Å²) in [6, 6.07) is 4.98. The Bertz CT molecular complexity index is 460. The van der Waals surface area contributed by atoms with Gasteiger partial charge in [0, 0.05) is 37.0 Å². The summed E-state index contributed by atoms with van der Waals surface area (Å²) >= 11 is 0. The van der Waals surface area contributed by atoms with Crippen molar-refractivity contribution in [2.45, 2.75) is 31.8 Å². The van der Waals surface area contributed by atoms with Gasteiger partial charge in [0.25, 0.3) is 5.69 Å². The molecular weight excluding hydrogens is 246 g/mol. The molecule has 0 bridgehead atoms. The summed E-state index contributed by atoms with van der Waals surface area (Å²) in [6.07, 6.45) is 3.45. The summed E-state index contributed by atoms with van der Waals surface area (Å²) in [4.78, 5) is 12.5. The van der Waals surface area contributed by atoms with E-state index in [1.165, 1.54) is 18.6 Å². The number of nitrogens with zero attached hydrogens (tertiary/aromatic N) is 2. The number of benzene rings is 1. The van der Waals surface area contributed by atoms with Crippen LogP contribution in [0.25, 0.3) is 0 Å². The van der Waals surface area contributed by atoms with E-state index in [1.807, 2.05) is 0 Å². The van der Waals surface area contributed by atoms with Gasteiger partial charge >= 0.3 is 0 Å². The fraction of sp³-hybridized carbons (Fsp3) is 0.538. The number of nitro groups is 1. The summed E-state index contributed by atoms with van der Waals surface area (Å²) in [5.74, 6) is 0. The first-order valence-electron chi connectivity index (χ1n) is 6.49. The van der Waals surface area contributed by atoms with Crippen LogP contribution < -0.4 is 5.73 Å². The SMILES string of the molecule is Nc1ccc([N+](=O)[O-])cc1CN(CCO)C1CCC1. The number of non-ortho nitro benzene ring substituents is 1. The summed E-state index contributed by atoms with van der Waals surface area (Å²) in [5, 5.41) is 19.9. The fourth-order valence-corrected chi connectivity index (χ4v) is 2.33. The van der Waals surface area contributed by atoms with Crippen LogP contribution in [0.4, 0.5) is 11.4 Å². The van der Waals surface area contributed by atoms with Gasteiger partial charge < -0.3 is 10.8 Å². The van der Waals surface area contributed by atoms with Gasteiger partial charge in [0.15, 0.2) is 0 Å². The van der Waals surface area contributed by atoms with Gasteiger partial charge in [0.05, 0.1) is 11.5 Å². The van der Waals surface area contributed by atoms with E-state index in [-0.39, 0.29) is 12.3 Å². The third kappa shape index (κ3) is 3.21. The van der Waals surface area contributed by atoms with Crippen LogP contribution in [0.2, 0.25) is 0 Å². The van der Waals surface area contributed by atoms with Gasteiger partial charge in [-0.3, -0.25) is 15.0 Å². The third-order valence-corrected chi connectivity index (χ3v) is 3.69. The second-order valence-corrected chi connectivity index (χ2v) is 4.92. The monoisotopic (exact) mass is 265 g/mol. The minimum Gasteiger partial charge on any atom is -0.398 e. The molecular formula is C13H19N3O3. The molecule has 1 saturated carbocycles. The van der Waals surface area contributed by atoms with Gasteiger partial charge in [0.1, 0.15) is 0 Å². The van der Waals surface area contributed by atoms with Crippen LogP contribution in [0.3, 0.4) is 0 Å². The van der Waals surface area contributed by atoms with E-state index in [2.05, 4.69) is 4.90 Å². The van der Waals surface area contributed by atoms with Gasteiger partial charge in [-0.15, -0.1) is 0 Å². The van der Waals surface area contributed by atoms with E-state index in [1.54, 1.807) is 6.07 Å². The largest absolute Gasteiger partial charge is 0.398 e. The molecule has 1 aromatic rings. The topological polar surface area (TPSA) is 92.6 Å². The number of nitrogen functional groups attached to an aromatic ring is 1. The Labute approximate surface area is 112 Å². The van der Waals surface area contributed by atoms with Gasteiger partial charge in [0.2, 0.25) is 0 Å². The first-order valence-corrected chi connectivity index (χ1v) is 6.49. The Balaban J connectivity index is 2.15.